The number of likely N-dealkylation sites (tertiary alicyclic amines) is 1. The van der Waals surface area contributed by atoms with Gasteiger partial charge in [-0.25, -0.2) is 0 Å². The van der Waals surface area contributed by atoms with Gasteiger partial charge in [0.1, 0.15) is 0 Å². The van der Waals surface area contributed by atoms with Gasteiger partial charge < -0.3 is 5.73 Å². The van der Waals surface area contributed by atoms with Gasteiger partial charge in [0.05, 0.1) is 0 Å². The van der Waals surface area contributed by atoms with Crippen molar-refractivity contribution in [2.45, 2.75) is 59.0 Å². The molecule has 2 rings (SSSR count). The molecule has 1 saturated heterocycles. The second-order valence-electron chi connectivity index (χ2n) is 7.59. The van der Waals surface area contributed by atoms with E-state index in [0.29, 0.717) is 11.5 Å². The van der Waals surface area contributed by atoms with Crippen molar-refractivity contribution < 1.29 is 0 Å². The van der Waals surface area contributed by atoms with Gasteiger partial charge >= 0.3 is 0 Å². The molecule has 1 aliphatic rings. The standard InChI is InChI=1S/C19H32N2/c1-5-17(18(20)15-9-7-6-8-10-15)21-13-11-16(12-14-21)19(2,3)4/h6-10,16-18H,5,11-14,20H2,1-4H3. The van der Waals surface area contributed by atoms with Crippen molar-refractivity contribution in [3.63, 3.8) is 0 Å². The Hall–Kier alpha value is -0.860. The van der Waals surface area contributed by atoms with E-state index in [1.807, 2.05) is 0 Å². The maximum Gasteiger partial charge on any atom is 0.0453 e. The quantitative estimate of drug-likeness (QED) is 0.898. The molecule has 0 aliphatic carbocycles. The molecule has 21 heavy (non-hydrogen) atoms. The number of benzene rings is 1. The summed E-state index contributed by atoms with van der Waals surface area (Å²) in [5.41, 5.74) is 8.27. The minimum Gasteiger partial charge on any atom is -0.323 e. The van der Waals surface area contributed by atoms with Crippen molar-refractivity contribution in [1.29, 1.82) is 0 Å². The Labute approximate surface area is 130 Å². The SMILES string of the molecule is CCC(C(N)c1ccccc1)N1CCC(C(C)(C)C)CC1. The Morgan fingerprint density at radius 1 is 1.14 bits per heavy atom. The monoisotopic (exact) mass is 288 g/mol. The Bertz CT molecular complexity index is 413. The molecule has 1 fully saturated rings. The molecule has 1 aromatic carbocycles. The first-order valence-corrected chi connectivity index (χ1v) is 8.48. The maximum atomic E-state index is 6.56. The number of hydrogen-bond donors (Lipinski definition) is 1. The molecule has 2 heteroatoms. The molecule has 2 nitrogen and oxygen atoms in total. The first-order valence-electron chi connectivity index (χ1n) is 8.48. The number of piperidine rings is 1. The van der Waals surface area contributed by atoms with Crippen LogP contribution in [0.2, 0.25) is 0 Å². The highest BCUT2D eigenvalue weighted by Crippen LogP contribution is 2.36. The Morgan fingerprint density at radius 2 is 1.71 bits per heavy atom. The molecule has 1 aromatic rings. The predicted octanol–water partition coefficient (Wildman–Crippen LogP) is 4.22. The van der Waals surface area contributed by atoms with Crippen molar-refractivity contribution in [1.82, 2.24) is 4.90 Å². The van der Waals surface area contributed by atoms with Crippen molar-refractivity contribution >= 4 is 0 Å². The average Bonchev–Trinajstić information content (AvgIpc) is 2.48. The molecule has 0 radical (unpaired) electrons. The first kappa shape index (κ1) is 16.5. The molecular weight excluding hydrogens is 256 g/mol. The van der Waals surface area contributed by atoms with Gasteiger partial charge in [0, 0.05) is 12.1 Å². The van der Waals surface area contributed by atoms with Crippen LogP contribution < -0.4 is 5.73 Å². The third-order valence-electron chi connectivity index (χ3n) is 5.24. The van der Waals surface area contributed by atoms with Crippen LogP contribution >= 0.6 is 0 Å². The second-order valence-corrected chi connectivity index (χ2v) is 7.59. The van der Waals surface area contributed by atoms with E-state index >= 15 is 0 Å². The number of hydrogen-bond acceptors (Lipinski definition) is 2. The number of rotatable bonds is 4. The molecule has 118 valence electrons. The van der Waals surface area contributed by atoms with Gasteiger partial charge in [-0.2, -0.15) is 0 Å². The molecule has 0 aromatic heterocycles. The molecule has 0 spiro atoms. The molecule has 1 heterocycles. The molecule has 0 bridgehead atoms. The van der Waals surface area contributed by atoms with Gasteiger partial charge in [0.15, 0.2) is 0 Å². The Kier molecular flexibility index (Phi) is 5.45. The summed E-state index contributed by atoms with van der Waals surface area (Å²) in [5, 5.41) is 0. The topological polar surface area (TPSA) is 29.3 Å². The molecule has 2 N–H and O–H groups in total. The van der Waals surface area contributed by atoms with E-state index in [0.717, 1.165) is 12.3 Å². The summed E-state index contributed by atoms with van der Waals surface area (Å²) in [6.45, 7) is 11.8. The second kappa shape index (κ2) is 6.93. The van der Waals surface area contributed by atoms with E-state index in [1.54, 1.807) is 0 Å². The van der Waals surface area contributed by atoms with Crippen LogP contribution in [0.15, 0.2) is 30.3 Å². The van der Waals surface area contributed by atoms with Crippen LogP contribution in [0.4, 0.5) is 0 Å². The van der Waals surface area contributed by atoms with E-state index in [-0.39, 0.29) is 6.04 Å². The summed E-state index contributed by atoms with van der Waals surface area (Å²) < 4.78 is 0. The van der Waals surface area contributed by atoms with Crippen molar-refractivity contribution in [2.24, 2.45) is 17.1 Å². The Morgan fingerprint density at radius 3 is 2.19 bits per heavy atom. The predicted molar refractivity (Wildman–Crippen MR) is 91.2 cm³/mol. The summed E-state index contributed by atoms with van der Waals surface area (Å²) >= 11 is 0. The highest BCUT2D eigenvalue weighted by atomic mass is 15.2. The highest BCUT2D eigenvalue weighted by Gasteiger charge is 2.32. The van der Waals surface area contributed by atoms with E-state index < -0.39 is 0 Å². The van der Waals surface area contributed by atoms with Crippen LogP contribution in [0.1, 0.15) is 58.6 Å². The summed E-state index contributed by atoms with van der Waals surface area (Å²) in [6.07, 6.45) is 3.74. The van der Waals surface area contributed by atoms with Crippen molar-refractivity contribution in [3.05, 3.63) is 35.9 Å². The average molecular weight is 288 g/mol. The molecule has 0 saturated carbocycles. The zero-order valence-corrected chi connectivity index (χ0v) is 14.2. The molecular formula is C19H32N2. The normalized spacial score (nSPS) is 21.2. The zero-order chi connectivity index (χ0) is 15.5. The maximum absolute atomic E-state index is 6.56. The minimum atomic E-state index is 0.127. The lowest BCUT2D eigenvalue weighted by Crippen LogP contribution is -2.47. The largest absolute Gasteiger partial charge is 0.323 e. The van der Waals surface area contributed by atoms with E-state index in [1.165, 1.54) is 31.5 Å². The van der Waals surface area contributed by atoms with Crippen LogP contribution in [-0.4, -0.2) is 24.0 Å². The third kappa shape index (κ3) is 4.08. The molecule has 1 aliphatic heterocycles. The van der Waals surface area contributed by atoms with Crippen molar-refractivity contribution in [2.75, 3.05) is 13.1 Å². The van der Waals surface area contributed by atoms with Crippen LogP contribution in [0, 0.1) is 11.3 Å². The summed E-state index contributed by atoms with van der Waals surface area (Å²) in [7, 11) is 0. The number of nitrogens with zero attached hydrogens (tertiary/aromatic N) is 1. The highest BCUT2D eigenvalue weighted by molar-refractivity contribution is 5.20. The summed E-state index contributed by atoms with van der Waals surface area (Å²) in [5.74, 6) is 0.846. The lowest BCUT2D eigenvalue weighted by molar-refractivity contribution is 0.0714. The minimum absolute atomic E-state index is 0.127. The fraction of sp³-hybridized carbons (Fsp3) is 0.684. The smallest absolute Gasteiger partial charge is 0.0453 e. The Balaban J connectivity index is 2.00. The third-order valence-corrected chi connectivity index (χ3v) is 5.24. The molecule has 0 amide bonds. The summed E-state index contributed by atoms with van der Waals surface area (Å²) in [4.78, 5) is 2.62. The van der Waals surface area contributed by atoms with Gasteiger partial charge in [-0.1, -0.05) is 58.0 Å². The van der Waals surface area contributed by atoms with Gasteiger partial charge in [-0.05, 0) is 49.2 Å². The van der Waals surface area contributed by atoms with Gasteiger partial charge in [-0.15, -0.1) is 0 Å². The first-order chi connectivity index (χ1) is 9.93. The van der Waals surface area contributed by atoms with Gasteiger partial charge in [0.25, 0.3) is 0 Å². The fourth-order valence-electron chi connectivity index (χ4n) is 3.73. The zero-order valence-electron chi connectivity index (χ0n) is 14.2. The molecule has 2 unspecified atom stereocenters. The van der Waals surface area contributed by atoms with Crippen molar-refractivity contribution in [3.8, 4) is 0 Å². The van der Waals surface area contributed by atoms with E-state index in [2.05, 4.69) is 62.9 Å². The van der Waals surface area contributed by atoms with E-state index in [4.69, 9.17) is 5.73 Å². The lowest BCUT2D eigenvalue weighted by Gasteiger charge is -2.43. The van der Waals surface area contributed by atoms with Crippen LogP contribution in [0.25, 0.3) is 0 Å². The summed E-state index contributed by atoms with van der Waals surface area (Å²) in [6, 6.07) is 11.2. The van der Waals surface area contributed by atoms with E-state index in [9.17, 15) is 0 Å². The van der Waals surface area contributed by atoms with Gasteiger partial charge in [-0.3, -0.25) is 4.90 Å². The van der Waals surface area contributed by atoms with Crippen LogP contribution in [0.5, 0.6) is 0 Å². The van der Waals surface area contributed by atoms with Crippen LogP contribution in [-0.2, 0) is 0 Å². The molecule has 2 atom stereocenters. The lowest BCUT2D eigenvalue weighted by atomic mass is 9.75. The number of nitrogens with two attached hydrogens (primary N) is 1. The van der Waals surface area contributed by atoms with Gasteiger partial charge in [0.2, 0.25) is 0 Å². The fourth-order valence-corrected chi connectivity index (χ4v) is 3.73. The van der Waals surface area contributed by atoms with Crippen LogP contribution in [0.3, 0.4) is 0 Å².